The molecule has 1 amide bonds. The highest BCUT2D eigenvalue weighted by atomic mass is 32.2. The fourth-order valence-electron chi connectivity index (χ4n) is 2.21. The molecule has 116 valence electrons. The van der Waals surface area contributed by atoms with Gasteiger partial charge >= 0.3 is 11.9 Å². The highest BCUT2D eigenvalue weighted by Gasteiger charge is 2.57. The van der Waals surface area contributed by atoms with Crippen molar-refractivity contribution >= 4 is 29.6 Å². The zero-order valence-corrected chi connectivity index (χ0v) is 13.0. The molecule has 1 fully saturated rings. The summed E-state index contributed by atoms with van der Waals surface area (Å²) in [6, 6.07) is -1.23. The van der Waals surface area contributed by atoms with Gasteiger partial charge in [0.25, 0.3) is 5.91 Å². The van der Waals surface area contributed by atoms with Gasteiger partial charge in [0.05, 0.1) is 5.57 Å². The lowest BCUT2D eigenvalue weighted by Crippen LogP contribution is -2.70. The zero-order valence-electron chi connectivity index (χ0n) is 12.2. The SMILES string of the molecule is CO[C@H]1C(=O)N2C(C(=O)OC(C)(C)C)C(C(=O)O)=CSC12. The number of β-lactam (4-membered cyclic amide) rings is 1. The highest BCUT2D eigenvalue weighted by Crippen LogP contribution is 2.41. The van der Waals surface area contributed by atoms with Gasteiger partial charge in [-0.2, -0.15) is 0 Å². The Hall–Kier alpha value is -1.54. The molecule has 0 spiro atoms. The number of ether oxygens (including phenoxy) is 2. The Morgan fingerprint density at radius 1 is 1.38 bits per heavy atom. The number of fused-ring (bicyclic) bond motifs is 1. The molecule has 2 heterocycles. The van der Waals surface area contributed by atoms with Crippen molar-refractivity contribution in [1.82, 2.24) is 4.90 Å². The Kier molecular flexibility index (Phi) is 4.03. The van der Waals surface area contributed by atoms with Crippen LogP contribution in [0, 0.1) is 0 Å². The second-order valence-electron chi connectivity index (χ2n) is 5.74. The Labute approximate surface area is 126 Å². The predicted molar refractivity (Wildman–Crippen MR) is 74.4 cm³/mol. The minimum absolute atomic E-state index is 0.159. The molecule has 2 unspecified atom stereocenters. The number of thioether (sulfide) groups is 1. The molecule has 0 aromatic rings. The fraction of sp³-hybridized carbons (Fsp3) is 0.615. The number of esters is 1. The summed E-state index contributed by atoms with van der Waals surface area (Å²) < 4.78 is 10.3. The standard InChI is InChI=1S/C13H17NO6S/c1-13(2,3)20-12(18)7-6(11(16)17)5-21-10-8(19-4)9(15)14(7)10/h5,7-8,10H,1-4H3,(H,16,17)/t7?,8-,10?/m0/s1. The molecule has 0 saturated carbocycles. The third-order valence-electron chi connectivity index (χ3n) is 3.07. The van der Waals surface area contributed by atoms with E-state index in [9.17, 15) is 19.5 Å². The second-order valence-corrected chi connectivity index (χ2v) is 6.73. The average Bonchev–Trinajstić information content (AvgIpc) is 2.35. The topological polar surface area (TPSA) is 93.1 Å². The van der Waals surface area contributed by atoms with E-state index in [2.05, 4.69) is 0 Å². The molecule has 21 heavy (non-hydrogen) atoms. The number of hydrogen-bond donors (Lipinski definition) is 1. The molecule has 2 aliphatic rings. The van der Waals surface area contributed by atoms with Crippen molar-refractivity contribution in [2.24, 2.45) is 0 Å². The Balaban J connectivity index is 2.31. The third-order valence-corrected chi connectivity index (χ3v) is 4.21. The first-order valence-corrected chi connectivity index (χ1v) is 7.28. The number of methoxy groups -OCH3 is 1. The van der Waals surface area contributed by atoms with E-state index in [1.54, 1.807) is 20.8 Å². The fourth-order valence-corrected chi connectivity index (χ4v) is 3.45. The van der Waals surface area contributed by atoms with Gasteiger partial charge in [-0.05, 0) is 26.2 Å². The maximum atomic E-state index is 12.3. The van der Waals surface area contributed by atoms with Crippen molar-refractivity contribution in [1.29, 1.82) is 0 Å². The monoisotopic (exact) mass is 315 g/mol. The normalized spacial score (nSPS) is 28.4. The summed E-state index contributed by atoms with van der Waals surface area (Å²) in [5.74, 6) is -2.40. The van der Waals surface area contributed by atoms with Gasteiger partial charge in [0.2, 0.25) is 0 Å². The van der Waals surface area contributed by atoms with Gasteiger partial charge in [-0.3, -0.25) is 4.79 Å². The molecule has 1 N–H and O–H groups in total. The van der Waals surface area contributed by atoms with Crippen LogP contribution in [0.3, 0.4) is 0 Å². The van der Waals surface area contributed by atoms with Gasteiger partial charge in [0, 0.05) is 7.11 Å². The van der Waals surface area contributed by atoms with Crippen LogP contribution in [0.15, 0.2) is 11.0 Å². The van der Waals surface area contributed by atoms with Crippen LogP contribution in [0.25, 0.3) is 0 Å². The summed E-state index contributed by atoms with van der Waals surface area (Å²) in [6.45, 7) is 5.04. The molecule has 0 aromatic carbocycles. The van der Waals surface area contributed by atoms with E-state index < -0.39 is 41.0 Å². The summed E-state index contributed by atoms with van der Waals surface area (Å²) in [5.41, 5.74) is -0.927. The maximum Gasteiger partial charge on any atom is 0.334 e. The van der Waals surface area contributed by atoms with E-state index in [1.807, 2.05) is 0 Å². The number of nitrogens with zero attached hydrogens (tertiary/aromatic N) is 1. The van der Waals surface area contributed by atoms with Crippen LogP contribution in [-0.2, 0) is 23.9 Å². The average molecular weight is 315 g/mol. The van der Waals surface area contributed by atoms with Crippen LogP contribution in [0.5, 0.6) is 0 Å². The van der Waals surface area contributed by atoms with Crippen molar-refractivity contribution in [3.63, 3.8) is 0 Å². The number of amides is 1. The summed E-state index contributed by atoms with van der Waals surface area (Å²) in [6.07, 6.45) is -0.661. The molecular formula is C13H17NO6S. The molecule has 3 atom stereocenters. The molecule has 1 saturated heterocycles. The van der Waals surface area contributed by atoms with E-state index >= 15 is 0 Å². The van der Waals surface area contributed by atoms with E-state index in [1.165, 1.54) is 17.4 Å². The van der Waals surface area contributed by atoms with Crippen LogP contribution in [0.2, 0.25) is 0 Å². The molecular weight excluding hydrogens is 298 g/mol. The second kappa shape index (κ2) is 5.34. The van der Waals surface area contributed by atoms with Crippen molar-refractivity contribution in [2.75, 3.05) is 7.11 Å². The lowest BCUT2D eigenvalue weighted by Gasteiger charge is -2.50. The lowest BCUT2D eigenvalue weighted by atomic mass is 9.99. The van der Waals surface area contributed by atoms with Gasteiger partial charge < -0.3 is 19.5 Å². The molecule has 7 nitrogen and oxygen atoms in total. The molecule has 8 heteroatoms. The van der Waals surface area contributed by atoms with Crippen molar-refractivity contribution in [3.05, 3.63) is 11.0 Å². The number of carboxylic acids is 1. The minimum Gasteiger partial charge on any atom is -0.478 e. The Morgan fingerprint density at radius 2 is 2.00 bits per heavy atom. The highest BCUT2D eigenvalue weighted by molar-refractivity contribution is 8.03. The summed E-state index contributed by atoms with van der Waals surface area (Å²) >= 11 is 1.15. The predicted octanol–water partition coefficient (Wildman–Crippen LogP) is 0.595. The number of carbonyl (C=O) groups excluding carboxylic acids is 2. The smallest absolute Gasteiger partial charge is 0.334 e. The molecule has 2 aliphatic heterocycles. The first kappa shape index (κ1) is 15.8. The van der Waals surface area contributed by atoms with E-state index in [0.717, 1.165) is 11.8 Å². The molecule has 2 rings (SSSR count). The summed E-state index contributed by atoms with van der Waals surface area (Å²) in [7, 11) is 1.40. The molecule has 0 radical (unpaired) electrons. The largest absolute Gasteiger partial charge is 0.478 e. The van der Waals surface area contributed by atoms with Crippen molar-refractivity contribution in [3.8, 4) is 0 Å². The number of hydrogen-bond acceptors (Lipinski definition) is 6. The van der Waals surface area contributed by atoms with E-state index in [-0.39, 0.29) is 5.57 Å². The number of carboxylic acid groups (broad SMARTS) is 1. The third kappa shape index (κ3) is 2.77. The molecule has 0 aliphatic carbocycles. The Morgan fingerprint density at radius 3 is 2.48 bits per heavy atom. The minimum atomic E-state index is -1.24. The number of carbonyl (C=O) groups is 3. The van der Waals surface area contributed by atoms with Crippen LogP contribution < -0.4 is 0 Å². The molecule has 0 aromatic heterocycles. The lowest BCUT2D eigenvalue weighted by molar-refractivity contribution is -0.179. The van der Waals surface area contributed by atoms with Gasteiger partial charge in [0.1, 0.15) is 11.0 Å². The van der Waals surface area contributed by atoms with Crippen LogP contribution in [-0.4, -0.2) is 58.1 Å². The van der Waals surface area contributed by atoms with Gasteiger partial charge in [-0.15, -0.1) is 11.8 Å². The van der Waals surface area contributed by atoms with Crippen LogP contribution >= 0.6 is 11.8 Å². The van der Waals surface area contributed by atoms with Crippen molar-refractivity contribution < 1.29 is 29.0 Å². The van der Waals surface area contributed by atoms with Crippen molar-refractivity contribution in [2.45, 2.75) is 43.9 Å². The van der Waals surface area contributed by atoms with Gasteiger partial charge in [0.15, 0.2) is 12.1 Å². The van der Waals surface area contributed by atoms with Gasteiger partial charge in [-0.25, -0.2) is 9.59 Å². The number of aliphatic carboxylic acids is 1. The van der Waals surface area contributed by atoms with E-state index in [4.69, 9.17) is 9.47 Å². The zero-order chi connectivity index (χ0) is 15.9. The van der Waals surface area contributed by atoms with Crippen LogP contribution in [0.1, 0.15) is 20.8 Å². The molecule has 0 bridgehead atoms. The first-order chi connectivity index (χ1) is 9.67. The summed E-state index contributed by atoms with van der Waals surface area (Å²) in [4.78, 5) is 36.9. The Bertz CT molecular complexity index is 523. The quantitative estimate of drug-likeness (QED) is 0.602. The van der Waals surface area contributed by atoms with Gasteiger partial charge in [-0.1, -0.05) is 0 Å². The maximum absolute atomic E-state index is 12.3. The first-order valence-electron chi connectivity index (χ1n) is 6.34. The van der Waals surface area contributed by atoms with Crippen LogP contribution in [0.4, 0.5) is 0 Å². The summed E-state index contributed by atoms with van der Waals surface area (Å²) in [5, 5.41) is 10.2. The van der Waals surface area contributed by atoms with E-state index in [0.29, 0.717) is 0 Å². The number of rotatable bonds is 3.